The fourth-order valence-corrected chi connectivity index (χ4v) is 2.42. The predicted octanol–water partition coefficient (Wildman–Crippen LogP) is 1.80. The van der Waals surface area contributed by atoms with Gasteiger partial charge in [-0.15, -0.1) is 0 Å². The lowest BCUT2D eigenvalue weighted by Crippen LogP contribution is -2.32. The average Bonchev–Trinajstić information content (AvgIpc) is 3.23. The van der Waals surface area contributed by atoms with Gasteiger partial charge in [0.15, 0.2) is 11.5 Å². The van der Waals surface area contributed by atoms with Crippen LogP contribution in [0.5, 0.6) is 11.5 Å². The molecule has 0 heterocycles. The molecule has 1 aromatic rings. The number of rotatable bonds is 6. The molecule has 2 rings (SSSR count). The van der Waals surface area contributed by atoms with E-state index in [-0.39, 0.29) is 6.04 Å². The van der Waals surface area contributed by atoms with Gasteiger partial charge in [-0.3, -0.25) is 4.90 Å². The fourth-order valence-electron chi connectivity index (χ4n) is 2.42. The van der Waals surface area contributed by atoms with E-state index in [1.54, 1.807) is 14.2 Å². The van der Waals surface area contributed by atoms with Crippen LogP contribution in [0.1, 0.15) is 24.4 Å². The Morgan fingerprint density at radius 2 is 2.06 bits per heavy atom. The Morgan fingerprint density at radius 1 is 1.33 bits per heavy atom. The molecule has 1 aromatic carbocycles. The van der Waals surface area contributed by atoms with Gasteiger partial charge < -0.3 is 15.2 Å². The summed E-state index contributed by atoms with van der Waals surface area (Å²) in [4.78, 5) is 2.34. The highest BCUT2D eigenvalue weighted by molar-refractivity contribution is 5.48. The highest BCUT2D eigenvalue weighted by atomic mass is 16.5. The van der Waals surface area contributed by atoms with Gasteiger partial charge in [0.25, 0.3) is 0 Å². The molecule has 2 N–H and O–H groups in total. The third kappa shape index (κ3) is 2.44. The minimum absolute atomic E-state index is 0.183. The van der Waals surface area contributed by atoms with Crippen molar-refractivity contribution in [1.82, 2.24) is 4.90 Å². The summed E-state index contributed by atoms with van der Waals surface area (Å²) in [6, 6.07) is 6.81. The van der Waals surface area contributed by atoms with Crippen molar-refractivity contribution in [3.05, 3.63) is 23.8 Å². The number of benzene rings is 1. The van der Waals surface area contributed by atoms with Crippen LogP contribution >= 0.6 is 0 Å². The third-order valence-electron chi connectivity index (χ3n) is 3.63. The SMILES string of the molecule is COc1cccc(C(CN)N(C)C2CC2)c1OC. The van der Waals surface area contributed by atoms with Crippen molar-refractivity contribution in [2.75, 3.05) is 27.8 Å². The first-order valence-electron chi connectivity index (χ1n) is 6.35. The highest BCUT2D eigenvalue weighted by Gasteiger charge is 2.32. The van der Waals surface area contributed by atoms with Gasteiger partial charge in [0, 0.05) is 18.2 Å². The van der Waals surface area contributed by atoms with Crippen molar-refractivity contribution in [2.24, 2.45) is 5.73 Å². The smallest absolute Gasteiger partial charge is 0.165 e. The highest BCUT2D eigenvalue weighted by Crippen LogP contribution is 2.39. The molecule has 0 spiro atoms. The molecular formula is C14H22N2O2. The largest absolute Gasteiger partial charge is 0.493 e. The molecule has 0 amide bonds. The van der Waals surface area contributed by atoms with Crippen molar-refractivity contribution >= 4 is 0 Å². The maximum absolute atomic E-state index is 5.95. The maximum atomic E-state index is 5.95. The molecule has 1 aliphatic carbocycles. The third-order valence-corrected chi connectivity index (χ3v) is 3.63. The van der Waals surface area contributed by atoms with E-state index >= 15 is 0 Å². The van der Waals surface area contributed by atoms with Crippen LogP contribution in [0.25, 0.3) is 0 Å². The van der Waals surface area contributed by atoms with Crippen LogP contribution in [-0.2, 0) is 0 Å². The van der Waals surface area contributed by atoms with Crippen molar-refractivity contribution in [2.45, 2.75) is 24.9 Å². The van der Waals surface area contributed by atoms with E-state index in [0.29, 0.717) is 12.6 Å². The number of ether oxygens (including phenoxy) is 2. The molecule has 4 nitrogen and oxygen atoms in total. The Balaban J connectivity index is 2.34. The van der Waals surface area contributed by atoms with Gasteiger partial charge in [-0.25, -0.2) is 0 Å². The van der Waals surface area contributed by atoms with E-state index in [4.69, 9.17) is 15.2 Å². The van der Waals surface area contributed by atoms with Crippen molar-refractivity contribution < 1.29 is 9.47 Å². The van der Waals surface area contributed by atoms with Crippen LogP contribution in [0.3, 0.4) is 0 Å². The number of nitrogens with two attached hydrogens (primary N) is 1. The summed E-state index contributed by atoms with van der Waals surface area (Å²) in [5.74, 6) is 1.56. The quantitative estimate of drug-likeness (QED) is 0.836. The van der Waals surface area contributed by atoms with Gasteiger partial charge in [0.2, 0.25) is 0 Å². The lowest BCUT2D eigenvalue weighted by Gasteiger charge is -2.29. The second-order valence-electron chi connectivity index (χ2n) is 4.73. The molecule has 0 saturated heterocycles. The minimum atomic E-state index is 0.183. The van der Waals surface area contributed by atoms with Crippen molar-refractivity contribution in [1.29, 1.82) is 0 Å². The number of hydrogen-bond donors (Lipinski definition) is 1. The monoisotopic (exact) mass is 250 g/mol. The molecule has 0 aliphatic heterocycles. The molecular weight excluding hydrogens is 228 g/mol. The van der Waals surface area contributed by atoms with Gasteiger partial charge in [0.1, 0.15) is 0 Å². The molecule has 1 atom stereocenters. The number of methoxy groups -OCH3 is 2. The summed E-state index contributed by atoms with van der Waals surface area (Å²) in [6.45, 7) is 0.580. The summed E-state index contributed by atoms with van der Waals surface area (Å²) >= 11 is 0. The average molecular weight is 250 g/mol. The Bertz CT molecular complexity index is 405. The van der Waals surface area contributed by atoms with Gasteiger partial charge in [-0.05, 0) is 26.0 Å². The zero-order chi connectivity index (χ0) is 13.1. The summed E-state index contributed by atoms with van der Waals surface area (Å²) in [5.41, 5.74) is 7.05. The van der Waals surface area contributed by atoms with Crippen LogP contribution in [0.4, 0.5) is 0 Å². The number of para-hydroxylation sites is 1. The van der Waals surface area contributed by atoms with Gasteiger partial charge >= 0.3 is 0 Å². The molecule has 18 heavy (non-hydrogen) atoms. The van der Waals surface area contributed by atoms with Crippen molar-refractivity contribution in [3.63, 3.8) is 0 Å². The molecule has 0 radical (unpaired) electrons. The molecule has 0 aromatic heterocycles. The Hall–Kier alpha value is -1.26. The van der Waals surface area contributed by atoms with E-state index in [0.717, 1.165) is 17.1 Å². The standard InChI is InChI=1S/C14H22N2O2/c1-16(10-7-8-10)12(9-15)11-5-4-6-13(17-2)14(11)18-3/h4-6,10,12H,7-9,15H2,1-3H3. The number of nitrogens with zero attached hydrogens (tertiary/aromatic N) is 1. The topological polar surface area (TPSA) is 47.7 Å². The summed E-state index contributed by atoms with van der Waals surface area (Å²) < 4.78 is 10.8. The van der Waals surface area contributed by atoms with E-state index < -0.39 is 0 Å². The van der Waals surface area contributed by atoms with Crippen LogP contribution in [-0.4, -0.2) is 38.8 Å². The van der Waals surface area contributed by atoms with E-state index in [1.165, 1.54) is 12.8 Å². The first-order chi connectivity index (χ1) is 8.72. The number of likely N-dealkylation sites (N-methyl/N-ethyl adjacent to an activating group) is 1. The summed E-state index contributed by atoms with van der Waals surface area (Å²) in [7, 11) is 5.46. The summed E-state index contributed by atoms with van der Waals surface area (Å²) in [6.07, 6.45) is 2.53. The van der Waals surface area contributed by atoms with Gasteiger partial charge in [0.05, 0.1) is 20.3 Å². The molecule has 4 heteroatoms. The van der Waals surface area contributed by atoms with Crippen molar-refractivity contribution in [3.8, 4) is 11.5 Å². The van der Waals surface area contributed by atoms with Crippen LogP contribution in [0.2, 0.25) is 0 Å². The normalized spacial score (nSPS) is 16.7. The summed E-state index contributed by atoms with van der Waals surface area (Å²) in [5, 5.41) is 0. The van der Waals surface area contributed by atoms with E-state index in [9.17, 15) is 0 Å². The van der Waals surface area contributed by atoms with Crippen LogP contribution < -0.4 is 15.2 Å². The lowest BCUT2D eigenvalue weighted by molar-refractivity contribution is 0.232. The molecule has 100 valence electrons. The molecule has 1 aliphatic rings. The van der Waals surface area contributed by atoms with E-state index in [2.05, 4.69) is 18.0 Å². The Kier molecular flexibility index (Phi) is 4.09. The fraction of sp³-hybridized carbons (Fsp3) is 0.571. The Morgan fingerprint density at radius 3 is 2.56 bits per heavy atom. The molecule has 1 saturated carbocycles. The van der Waals surface area contributed by atoms with E-state index in [1.807, 2.05) is 12.1 Å². The van der Waals surface area contributed by atoms with Gasteiger partial charge in [-0.2, -0.15) is 0 Å². The first-order valence-corrected chi connectivity index (χ1v) is 6.35. The lowest BCUT2D eigenvalue weighted by atomic mass is 10.0. The number of hydrogen-bond acceptors (Lipinski definition) is 4. The van der Waals surface area contributed by atoms with Gasteiger partial charge in [-0.1, -0.05) is 12.1 Å². The second-order valence-corrected chi connectivity index (χ2v) is 4.73. The first kappa shape index (κ1) is 13.2. The van der Waals surface area contributed by atoms with Crippen LogP contribution in [0, 0.1) is 0 Å². The molecule has 0 bridgehead atoms. The maximum Gasteiger partial charge on any atom is 0.165 e. The zero-order valence-corrected chi connectivity index (χ0v) is 11.3. The zero-order valence-electron chi connectivity index (χ0n) is 11.3. The molecule has 1 fully saturated rings. The molecule has 1 unspecified atom stereocenters. The van der Waals surface area contributed by atoms with Crippen LogP contribution in [0.15, 0.2) is 18.2 Å². The second kappa shape index (κ2) is 5.59. The predicted molar refractivity (Wildman–Crippen MR) is 72.1 cm³/mol. The Labute approximate surface area is 109 Å². The minimum Gasteiger partial charge on any atom is -0.493 e.